The molecule has 0 saturated heterocycles. The molecular weight excluding hydrogens is 607 g/mol. The summed E-state index contributed by atoms with van der Waals surface area (Å²) < 4.78 is 101. The molecule has 2 aromatic carbocycles. The minimum atomic E-state index is -5.10. The molecule has 1 aliphatic rings. The number of aliphatic imine (C=N–C) groups is 1. The number of likely N-dealkylation sites (N-methyl/N-ethyl adjacent to an activating group) is 1. The van der Waals surface area contributed by atoms with Crippen LogP contribution in [0.4, 0.5) is 36.4 Å². The number of pyridine rings is 1. The summed E-state index contributed by atoms with van der Waals surface area (Å²) in [7, 11) is 2.57. The first kappa shape index (κ1) is 33.6. The molecule has 0 N–H and O–H groups in total. The molecule has 1 atom stereocenters. The number of esters is 1. The minimum absolute atomic E-state index is 0.00274. The summed E-state index contributed by atoms with van der Waals surface area (Å²) in [5.74, 6) is -1.88. The second-order valence-corrected chi connectivity index (χ2v) is 11.7. The van der Waals surface area contributed by atoms with Gasteiger partial charge >= 0.3 is 18.3 Å². The Kier molecular flexibility index (Phi) is 8.64. The fraction of sp³-hybridized carbons (Fsp3) is 0.375. The molecule has 2 heterocycles. The summed E-state index contributed by atoms with van der Waals surface area (Å²) in [5, 5.41) is 0. The van der Waals surface area contributed by atoms with Crippen molar-refractivity contribution in [2.24, 2.45) is 4.99 Å². The Labute approximate surface area is 254 Å². The van der Waals surface area contributed by atoms with Crippen LogP contribution in [0.3, 0.4) is 0 Å². The maximum atomic E-state index is 14.0. The fourth-order valence-electron chi connectivity index (χ4n) is 5.31. The van der Waals surface area contributed by atoms with Crippen LogP contribution in [0.5, 0.6) is 0 Å². The molecule has 0 aliphatic carbocycles. The van der Waals surface area contributed by atoms with Gasteiger partial charge in [-0.2, -0.15) is 26.3 Å². The zero-order chi connectivity index (χ0) is 33.7. The third-order valence-electron chi connectivity index (χ3n) is 8.02. The lowest BCUT2D eigenvalue weighted by Crippen LogP contribution is -2.42. The first-order valence-corrected chi connectivity index (χ1v) is 13.7. The van der Waals surface area contributed by atoms with E-state index in [1.54, 1.807) is 19.9 Å². The summed E-state index contributed by atoms with van der Waals surface area (Å²) >= 11 is 0. The first-order chi connectivity index (χ1) is 20.7. The largest absolute Gasteiger partial charge is 0.467 e. The SMILES string of the molecule is COC(=O)C1(C)CCC(c2cc(-c3ccc(F)cc3C)c(N(C)C(=O)C(C)(C)c3cc(C(F)(F)F)cc(C(F)(F)F)c3)cn2)=N1. The van der Waals surface area contributed by atoms with Crippen molar-refractivity contribution in [3.05, 3.63) is 82.4 Å². The summed E-state index contributed by atoms with van der Waals surface area (Å²) in [4.78, 5) is 36.3. The van der Waals surface area contributed by atoms with E-state index in [0.29, 0.717) is 53.1 Å². The van der Waals surface area contributed by atoms with Crippen molar-refractivity contribution < 1.29 is 45.1 Å². The van der Waals surface area contributed by atoms with Crippen LogP contribution in [0.25, 0.3) is 11.1 Å². The molecule has 0 fully saturated rings. The topological polar surface area (TPSA) is 71.9 Å². The van der Waals surface area contributed by atoms with Crippen LogP contribution in [0, 0.1) is 12.7 Å². The maximum Gasteiger partial charge on any atom is 0.416 e. The van der Waals surface area contributed by atoms with Crippen LogP contribution in [0.2, 0.25) is 0 Å². The van der Waals surface area contributed by atoms with Crippen LogP contribution in [-0.2, 0) is 32.1 Å². The number of ether oxygens (including phenoxy) is 1. The van der Waals surface area contributed by atoms with Gasteiger partial charge in [-0.3, -0.25) is 14.8 Å². The Hall–Kier alpha value is -4.29. The fourth-order valence-corrected chi connectivity index (χ4v) is 5.31. The van der Waals surface area contributed by atoms with Gasteiger partial charge in [0.2, 0.25) is 5.91 Å². The number of nitrogens with zero attached hydrogens (tertiary/aromatic N) is 3. The Morgan fingerprint density at radius 3 is 2.02 bits per heavy atom. The number of amides is 1. The number of rotatable bonds is 6. The van der Waals surface area contributed by atoms with Gasteiger partial charge in [-0.05, 0) is 93.6 Å². The lowest BCUT2D eigenvalue weighted by atomic mass is 9.81. The molecule has 1 unspecified atom stereocenters. The quantitative estimate of drug-likeness (QED) is 0.205. The van der Waals surface area contributed by atoms with Crippen molar-refractivity contribution >= 4 is 23.3 Å². The van der Waals surface area contributed by atoms with E-state index in [1.165, 1.54) is 52.4 Å². The van der Waals surface area contributed by atoms with Crippen LogP contribution in [0.1, 0.15) is 61.6 Å². The zero-order valence-corrected chi connectivity index (χ0v) is 25.2. The second kappa shape index (κ2) is 11.6. The van der Waals surface area contributed by atoms with Gasteiger partial charge in [0, 0.05) is 12.6 Å². The molecule has 1 amide bonds. The van der Waals surface area contributed by atoms with Gasteiger partial charge in [0.05, 0.1) is 46.9 Å². The molecule has 240 valence electrons. The molecule has 6 nitrogen and oxygen atoms in total. The highest BCUT2D eigenvalue weighted by Crippen LogP contribution is 2.41. The number of hydrogen-bond donors (Lipinski definition) is 0. The minimum Gasteiger partial charge on any atom is -0.467 e. The van der Waals surface area contributed by atoms with E-state index in [9.17, 15) is 40.3 Å². The average Bonchev–Trinajstić information content (AvgIpc) is 3.37. The number of alkyl halides is 6. The molecule has 45 heavy (non-hydrogen) atoms. The van der Waals surface area contributed by atoms with Crippen LogP contribution in [-0.4, -0.2) is 42.3 Å². The lowest BCUT2D eigenvalue weighted by molar-refractivity contribution is -0.146. The number of aryl methyl sites for hydroxylation is 1. The number of anilines is 1. The number of halogens is 7. The third-order valence-corrected chi connectivity index (χ3v) is 8.02. The van der Waals surface area contributed by atoms with Crippen molar-refractivity contribution in [2.45, 2.75) is 63.8 Å². The van der Waals surface area contributed by atoms with E-state index in [0.717, 1.165) is 4.90 Å². The van der Waals surface area contributed by atoms with E-state index in [2.05, 4.69) is 9.98 Å². The van der Waals surface area contributed by atoms with Crippen molar-refractivity contribution in [1.29, 1.82) is 0 Å². The molecule has 0 saturated carbocycles. The van der Waals surface area contributed by atoms with Gasteiger partial charge in [0.15, 0.2) is 5.54 Å². The Morgan fingerprint density at radius 1 is 0.911 bits per heavy atom. The first-order valence-electron chi connectivity index (χ1n) is 13.7. The maximum absolute atomic E-state index is 14.0. The predicted molar refractivity (Wildman–Crippen MR) is 153 cm³/mol. The molecule has 0 spiro atoms. The third kappa shape index (κ3) is 6.57. The summed E-state index contributed by atoms with van der Waals surface area (Å²) in [5.41, 5.74) is -4.24. The molecule has 4 rings (SSSR count). The van der Waals surface area contributed by atoms with E-state index in [1.807, 2.05) is 0 Å². The number of benzene rings is 2. The van der Waals surface area contributed by atoms with Gasteiger partial charge in [-0.15, -0.1) is 0 Å². The van der Waals surface area contributed by atoms with E-state index < -0.39 is 57.7 Å². The van der Waals surface area contributed by atoms with Crippen LogP contribution < -0.4 is 4.90 Å². The molecular formula is C32H30F7N3O3. The molecule has 3 aromatic rings. The van der Waals surface area contributed by atoms with E-state index in [-0.39, 0.29) is 11.8 Å². The van der Waals surface area contributed by atoms with Crippen molar-refractivity contribution in [3.63, 3.8) is 0 Å². The Bertz CT molecular complexity index is 1660. The average molecular weight is 638 g/mol. The monoisotopic (exact) mass is 637 g/mol. The van der Waals surface area contributed by atoms with Gasteiger partial charge in [0.1, 0.15) is 5.82 Å². The predicted octanol–water partition coefficient (Wildman–Crippen LogP) is 7.69. The highest BCUT2D eigenvalue weighted by Gasteiger charge is 2.42. The van der Waals surface area contributed by atoms with E-state index in [4.69, 9.17) is 4.74 Å². The summed E-state index contributed by atoms with van der Waals surface area (Å²) in [6.07, 6.45) is -8.14. The molecule has 0 radical (unpaired) electrons. The standard InChI is InChI=1S/C32H30F7N3O3/c1-17-11-21(33)7-8-22(17)23-15-25(24-9-10-30(4,41-24)28(44)45-6)40-16-26(23)42(5)27(43)29(2,3)18-12-19(31(34,35)36)14-20(13-18)32(37,38)39/h7-8,11-16H,9-10H2,1-6H3. The van der Waals surface area contributed by atoms with Crippen molar-refractivity contribution in [1.82, 2.24) is 4.98 Å². The smallest absolute Gasteiger partial charge is 0.416 e. The van der Waals surface area contributed by atoms with Crippen molar-refractivity contribution in [3.8, 4) is 11.1 Å². The molecule has 1 aromatic heterocycles. The van der Waals surface area contributed by atoms with Gasteiger partial charge in [-0.25, -0.2) is 9.18 Å². The molecule has 0 bridgehead atoms. The number of hydrogen-bond acceptors (Lipinski definition) is 5. The Morgan fingerprint density at radius 2 is 1.49 bits per heavy atom. The number of carbonyl (C=O) groups excluding carboxylic acids is 2. The van der Waals surface area contributed by atoms with Crippen LogP contribution in [0.15, 0.2) is 53.7 Å². The van der Waals surface area contributed by atoms with Crippen LogP contribution >= 0.6 is 0 Å². The zero-order valence-electron chi connectivity index (χ0n) is 25.2. The van der Waals surface area contributed by atoms with E-state index >= 15 is 0 Å². The normalized spacial score (nSPS) is 17.2. The van der Waals surface area contributed by atoms with Gasteiger partial charge in [-0.1, -0.05) is 6.07 Å². The highest BCUT2D eigenvalue weighted by molar-refractivity contribution is 6.07. The van der Waals surface area contributed by atoms with Crippen molar-refractivity contribution in [2.75, 3.05) is 19.1 Å². The van der Waals surface area contributed by atoms with Gasteiger partial charge in [0.25, 0.3) is 0 Å². The Balaban J connectivity index is 1.85. The number of methoxy groups -OCH3 is 1. The summed E-state index contributed by atoms with van der Waals surface area (Å²) in [6.45, 7) is 5.72. The highest BCUT2D eigenvalue weighted by atomic mass is 19.4. The molecule has 13 heteroatoms. The van der Waals surface area contributed by atoms with Gasteiger partial charge < -0.3 is 9.64 Å². The molecule has 1 aliphatic heterocycles. The number of aromatic nitrogens is 1. The number of carbonyl (C=O) groups is 2. The summed E-state index contributed by atoms with van der Waals surface area (Å²) in [6, 6.07) is 6.62. The second-order valence-electron chi connectivity index (χ2n) is 11.7. The lowest BCUT2D eigenvalue weighted by Gasteiger charge is -2.32.